The molecule has 0 radical (unpaired) electrons. The van der Waals surface area contributed by atoms with E-state index < -0.39 is 11.8 Å². The van der Waals surface area contributed by atoms with Gasteiger partial charge in [-0.3, -0.25) is 14.5 Å². The second-order valence-corrected chi connectivity index (χ2v) is 6.98. The second kappa shape index (κ2) is 9.53. The van der Waals surface area contributed by atoms with Crippen LogP contribution in [0.1, 0.15) is 11.1 Å². The summed E-state index contributed by atoms with van der Waals surface area (Å²) in [6, 6.07) is 12.3. The van der Waals surface area contributed by atoms with E-state index in [9.17, 15) is 14.7 Å². The van der Waals surface area contributed by atoms with Crippen LogP contribution in [0.5, 0.6) is 17.2 Å². The highest BCUT2D eigenvalue weighted by Gasteiger charge is 2.40. The van der Waals surface area contributed by atoms with Gasteiger partial charge in [0.25, 0.3) is 11.8 Å². The van der Waals surface area contributed by atoms with E-state index in [1.165, 1.54) is 19.1 Å². The number of carbonyl (C=O) groups is 2. The van der Waals surface area contributed by atoms with Gasteiger partial charge in [0.1, 0.15) is 11.4 Å². The standard InChI is InChI=1S/C23H26N2O6/c1-24(11-12-26)21-20(16-7-10-18(30-3)19(13-16)31-4)22(27)25(23(21)28)14-15-5-8-17(29-2)9-6-15/h5-10,13,26H,11-12,14H2,1-4H3. The van der Waals surface area contributed by atoms with Gasteiger partial charge in [0.05, 0.1) is 40.1 Å². The maximum atomic E-state index is 13.4. The molecular formula is C23H26N2O6. The highest BCUT2D eigenvalue weighted by atomic mass is 16.5. The molecule has 1 heterocycles. The number of ether oxygens (including phenoxy) is 3. The molecule has 0 saturated heterocycles. The Bertz CT molecular complexity index is 1000. The molecule has 3 rings (SSSR count). The van der Waals surface area contributed by atoms with E-state index in [-0.39, 0.29) is 31.0 Å². The zero-order valence-electron chi connectivity index (χ0n) is 18.0. The Labute approximate surface area is 181 Å². The Morgan fingerprint density at radius 1 is 0.903 bits per heavy atom. The molecule has 0 saturated carbocycles. The third-order valence-electron chi connectivity index (χ3n) is 5.13. The number of hydrogen-bond acceptors (Lipinski definition) is 7. The van der Waals surface area contributed by atoms with Crippen molar-refractivity contribution in [3.63, 3.8) is 0 Å². The lowest BCUT2D eigenvalue weighted by molar-refractivity contribution is -0.138. The average molecular weight is 426 g/mol. The van der Waals surface area contributed by atoms with Crippen molar-refractivity contribution < 1.29 is 28.9 Å². The summed E-state index contributed by atoms with van der Waals surface area (Å²) in [5.74, 6) is 0.833. The number of amides is 2. The number of likely N-dealkylation sites (N-methyl/N-ethyl adjacent to an activating group) is 1. The molecule has 0 unspecified atom stereocenters. The minimum absolute atomic E-state index is 0.120. The van der Waals surface area contributed by atoms with E-state index in [0.717, 1.165) is 5.56 Å². The number of carbonyl (C=O) groups excluding carboxylic acids is 2. The van der Waals surface area contributed by atoms with E-state index in [1.54, 1.807) is 49.4 Å². The predicted molar refractivity (Wildman–Crippen MR) is 115 cm³/mol. The second-order valence-electron chi connectivity index (χ2n) is 6.98. The Morgan fingerprint density at radius 2 is 1.58 bits per heavy atom. The van der Waals surface area contributed by atoms with Crippen molar-refractivity contribution in [2.45, 2.75) is 6.54 Å². The molecule has 2 aromatic rings. The van der Waals surface area contributed by atoms with Crippen LogP contribution < -0.4 is 14.2 Å². The molecule has 2 aromatic carbocycles. The quantitative estimate of drug-likeness (QED) is 0.613. The smallest absolute Gasteiger partial charge is 0.278 e. The van der Waals surface area contributed by atoms with Crippen LogP contribution in [0, 0.1) is 0 Å². The third-order valence-corrected chi connectivity index (χ3v) is 5.13. The minimum Gasteiger partial charge on any atom is -0.497 e. The lowest BCUT2D eigenvalue weighted by atomic mass is 10.0. The fourth-order valence-corrected chi connectivity index (χ4v) is 3.49. The van der Waals surface area contributed by atoms with Crippen molar-refractivity contribution in [1.29, 1.82) is 0 Å². The van der Waals surface area contributed by atoms with Crippen LogP contribution in [0.2, 0.25) is 0 Å². The highest BCUT2D eigenvalue weighted by molar-refractivity contribution is 6.35. The van der Waals surface area contributed by atoms with Gasteiger partial charge in [-0.1, -0.05) is 18.2 Å². The molecule has 0 aromatic heterocycles. The predicted octanol–water partition coefficient (Wildman–Crippen LogP) is 1.92. The fraction of sp³-hybridized carbons (Fsp3) is 0.304. The molecule has 8 heteroatoms. The van der Waals surface area contributed by atoms with Gasteiger partial charge in [-0.05, 0) is 35.4 Å². The maximum absolute atomic E-state index is 13.4. The van der Waals surface area contributed by atoms with Crippen LogP contribution in [0.4, 0.5) is 0 Å². The normalized spacial score (nSPS) is 13.6. The molecular weight excluding hydrogens is 400 g/mol. The molecule has 0 fully saturated rings. The number of hydrogen-bond donors (Lipinski definition) is 1. The van der Waals surface area contributed by atoms with Crippen LogP contribution in [0.3, 0.4) is 0 Å². The third kappa shape index (κ3) is 4.34. The van der Waals surface area contributed by atoms with Crippen molar-refractivity contribution in [3.05, 3.63) is 59.3 Å². The summed E-state index contributed by atoms with van der Waals surface area (Å²) in [5, 5.41) is 9.38. The number of aliphatic hydroxyl groups is 1. The first kappa shape index (κ1) is 22.2. The Hall–Kier alpha value is -3.52. The Balaban J connectivity index is 2.02. The molecule has 0 bridgehead atoms. The highest BCUT2D eigenvalue weighted by Crippen LogP contribution is 2.36. The SMILES string of the molecule is COc1ccc(CN2C(=O)C(c3ccc(OC)c(OC)c3)=C(N(C)CCO)C2=O)cc1. The van der Waals surface area contributed by atoms with Gasteiger partial charge in [0, 0.05) is 13.6 Å². The maximum Gasteiger partial charge on any atom is 0.278 e. The summed E-state index contributed by atoms with van der Waals surface area (Å²) in [6.07, 6.45) is 0. The van der Waals surface area contributed by atoms with Gasteiger partial charge in [0.2, 0.25) is 0 Å². The van der Waals surface area contributed by atoms with Crippen LogP contribution in [-0.2, 0) is 16.1 Å². The van der Waals surface area contributed by atoms with E-state index in [0.29, 0.717) is 22.8 Å². The first-order valence-electron chi connectivity index (χ1n) is 9.73. The summed E-state index contributed by atoms with van der Waals surface area (Å²) in [4.78, 5) is 29.4. The number of nitrogens with zero attached hydrogens (tertiary/aromatic N) is 2. The summed E-state index contributed by atoms with van der Waals surface area (Å²) in [7, 11) is 6.28. The number of imide groups is 1. The van der Waals surface area contributed by atoms with Gasteiger partial charge in [-0.2, -0.15) is 0 Å². The Kier molecular flexibility index (Phi) is 6.81. The van der Waals surface area contributed by atoms with E-state index in [1.807, 2.05) is 12.1 Å². The molecule has 8 nitrogen and oxygen atoms in total. The van der Waals surface area contributed by atoms with Crippen molar-refractivity contribution >= 4 is 17.4 Å². The summed E-state index contributed by atoms with van der Waals surface area (Å²) in [6.45, 7) is 0.176. The molecule has 0 atom stereocenters. The molecule has 1 aliphatic rings. The molecule has 1 aliphatic heterocycles. The molecule has 0 aliphatic carbocycles. The Morgan fingerprint density at radius 3 is 2.16 bits per heavy atom. The monoisotopic (exact) mass is 426 g/mol. The first-order chi connectivity index (χ1) is 14.9. The summed E-state index contributed by atoms with van der Waals surface area (Å²) in [5.41, 5.74) is 1.82. The average Bonchev–Trinajstić information content (AvgIpc) is 3.04. The topological polar surface area (TPSA) is 88.5 Å². The van der Waals surface area contributed by atoms with Crippen LogP contribution in [0.25, 0.3) is 5.57 Å². The van der Waals surface area contributed by atoms with E-state index >= 15 is 0 Å². The molecule has 164 valence electrons. The van der Waals surface area contributed by atoms with Crippen molar-refractivity contribution in [2.24, 2.45) is 0 Å². The molecule has 31 heavy (non-hydrogen) atoms. The van der Waals surface area contributed by atoms with Gasteiger partial charge in [-0.15, -0.1) is 0 Å². The van der Waals surface area contributed by atoms with Gasteiger partial charge >= 0.3 is 0 Å². The molecule has 1 N–H and O–H groups in total. The van der Waals surface area contributed by atoms with E-state index in [4.69, 9.17) is 14.2 Å². The van der Waals surface area contributed by atoms with Crippen molar-refractivity contribution in [1.82, 2.24) is 9.80 Å². The fourth-order valence-electron chi connectivity index (χ4n) is 3.49. The number of aliphatic hydroxyl groups excluding tert-OH is 1. The number of rotatable bonds is 9. The first-order valence-corrected chi connectivity index (χ1v) is 9.73. The zero-order valence-corrected chi connectivity index (χ0v) is 18.0. The summed E-state index contributed by atoms with van der Waals surface area (Å²) < 4.78 is 15.8. The molecule has 0 spiro atoms. The van der Waals surface area contributed by atoms with E-state index in [2.05, 4.69) is 0 Å². The lowest BCUT2D eigenvalue weighted by Gasteiger charge is -2.20. The lowest BCUT2D eigenvalue weighted by Crippen LogP contribution is -2.34. The zero-order chi connectivity index (χ0) is 22.5. The summed E-state index contributed by atoms with van der Waals surface area (Å²) >= 11 is 0. The number of benzene rings is 2. The van der Waals surface area contributed by atoms with Crippen molar-refractivity contribution in [2.75, 3.05) is 41.5 Å². The van der Waals surface area contributed by atoms with Crippen molar-refractivity contribution in [3.8, 4) is 17.2 Å². The van der Waals surface area contributed by atoms with Crippen LogP contribution >= 0.6 is 0 Å². The van der Waals surface area contributed by atoms with Crippen LogP contribution in [-0.4, -0.2) is 68.2 Å². The van der Waals surface area contributed by atoms with Gasteiger partial charge in [-0.25, -0.2) is 0 Å². The minimum atomic E-state index is -0.415. The largest absolute Gasteiger partial charge is 0.497 e. The van der Waals surface area contributed by atoms with Crippen LogP contribution in [0.15, 0.2) is 48.2 Å². The molecule has 2 amide bonds. The van der Waals surface area contributed by atoms with Gasteiger partial charge in [0.15, 0.2) is 11.5 Å². The van der Waals surface area contributed by atoms with Gasteiger partial charge < -0.3 is 24.2 Å². The number of methoxy groups -OCH3 is 3.